The maximum absolute atomic E-state index is 12.6. The number of hydrogen-bond acceptors (Lipinski definition) is 5. The monoisotopic (exact) mass is 318 g/mol. The molecular formula is C13H13F3N2O2S. The summed E-state index contributed by atoms with van der Waals surface area (Å²) in [5.41, 5.74) is 1.51. The standard InChI is InChI=1S/C13H13F3N2O2S/c1-2-20-12(19)5-9-3-8(6-17)4-11(10(9)7-18)21-13(14,15)16/h3-4H,2,5,7,18H2,1H3. The number of carbonyl (C=O) groups is 1. The Morgan fingerprint density at radius 2 is 2.14 bits per heavy atom. The lowest BCUT2D eigenvalue weighted by Gasteiger charge is -2.14. The first-order valence-electron chi connectivity index (χ1n) is 5.98. The van der Waals surface area contributed by atoms with E-state index in [1.165, 1.54) is 6.07 Å². The summed E-state index contributed by atoms with van der Waals surface area (Å²) in [6.45, 7) is 1.62. The number of hydrogen-bond donors (Lipinski definition) is 1. The number of alkyl halides is 3. The third kappa shape index (κ3) is 5.28. The van der Waals surface area contributed by atoms with Gasteiger partial charge >= 0.3 is 11.5 Å². The molecule has 0 saturated heterocycles. The Morgan fingerprint density at radius 3 is 2.62 bits per heavy atom. The first-order chi connectivity index (χ1) is 9.80. The summed E-state index contributed by atoms with van der Waals surface area (Å²) in [5.74, 6) is -0.578. The number of thioether (sulfide) groups is 1. The van der Waals surface area contributed by atoms with Crippen molar-refractivity contribution in [3.05, 3.63) is 28.8 Å². The van der Waals surface area contributed by atoms with Gasteiger partial charge in [0, 0.05) is 11.4 Å². The third-order valence-electron chi connectivity index (χ3n) is 2.50. The summed E-state index contributed by atoms with van der Waals surface area (Å²) in [7, 11) is 0. The smallest absolute Gasteiger partial charge is 0.446 e. The van der Waals surface area contributed by atoms with Crippen molar-refractivity contribution < 1.29 is 22.7 Å². The van der Waals surface area contributed by atoms with E-state index in [0.717, 1.165) is 6.07 Å². The number of nitrogens with zero attached hydrogens (tertiary/aromatic N) is 1. The highest BCUT2D eigenvalue weighted by Crippen LogP contribution is 2.40. The van der Waals surface area contributed by atoms with Gasteiger partial charge in [0.05, 0.1) is 24.7 Å². The highest BCUT2D eigenvalue weighted by molar-refractivity contribution is 8.00. The van der Waals surface area contributed by atoms with Gasteiger partial charge in [-0.25, -0.2) is 0 Å². The molecule has 0 spiro atoms. The Morgan fingerprint density at radius 1 is 1.48 bits per heavy atom. The zero-order valence-electron chi connectivity index (χ0n) is 11.2. The second-order valence-corrected chi connectivity index (χ2v) is 5.06. The molecule has 1 aromatic rings. The summed E-state index contributed by atoms with van der Waals surface area (Å²) < 4.78 is 42.4. The Hall–Kier alpha value is -1.72. The summed E-state index contributed by atoms with van der Waals surface area (Å²) in [6, 6.07) is 4.26. The Kier molecular flexibility index (Phi) is 6.05. The average molecular weight is 318 g/mol. The molecule has 1 rings (SSSR count). The van der Waals surface area contributed by atoms with Crippen molar-refractivity contribution in [1.29, 1.82) is 5.26 Å². The van der Waals surface area contributed by atoms with Crippen LogP contribution in [0.25, 0.3) is 0 Å². The van der Waals surface area contributed by atoms with Gasteiger partial charge in [-0.15, -0.1) is 0 Å². The molecule has 4 nitrogen and oxygen atoms in total. The number of nitriles is 1. The number of rotatable bonds is 5. The SMILES string of the molecule is CCOC(=O)Cc1cc(C#N)cc(SC(F)(F)F)c1CN. The predicted molar refractivity (Wildman–Crippen MR) is 71.3 cm³/mol. The van der Waals surface area contributed by atoms with Crippen molar-refractivity contribution in [3.8, 4) is 6.07 Å². The predicted octanol–water partition coefficient (Wildman–Crippen LogP) is 2.73. The molecule has 0 heterocycles. The minimum absolute atomic E-state index is 0.0400. The lowest BCUT2D eigenvalue weighted by molar-refractivity contribution is -0.142. The van der Waals surface area contributed by atoms with Crippen LogP contribution in [0.1, 0.15) is 23.6 Å². The maximum Gasteiger partial charge on any atom is 0.446 e. The van der Waals surface area contributed by atoms with E-state index in [1.54, 1.807) is 13.0 Å². The molecule has 0 radical (unpaired) electrons. The highest BCUT2D eigenvalue weighted by atomic mass is 32.2. The number of nitrogens with two attached hydrogens (primary N) is 1. The average Bonchev–Trinajstić information content (AvgIpc) is 2.36. The van der Waals surface area contributed by atoms with Crippen LogP contribution in [0.2, 0.25) is 0 Å². The number of esters is 1. The van der Waals surface area contributed by atoms with Gasteiger partial charge in [-0.3, -0.25) is 4.79 Å². The van der Waals surface area contributed by atoms with E-state index in [0.29, 0.717) is 0 Å². The van der Waals surface area contributed by atoms with Gasteiger partial charge in [0.25, 0.3) is 0 Å². The van der Waals surface area contributed by atoms with E-state index >= 15 is 0 Å². The topological polar surface area (TPSA) is 76.1 Å². The number of carbonyl (C=O) groups excluding carboxylic acids is 1. The summed E-state index contributed by atoms with van der Waals surface area (Å²) in [4.78, 5) is 11.3. The van der Waals surface area contributed by atoms with Gasteiger partial charge in [-0.1, -0.05) is 0 Å². The van der Waals surface area contributed by atoms with Crippen LogP contribution in [-0.4, -0.2) is 18.1 Å². The third-order valence-corrected chi connectivity index (χ3v) is 3.32. The number of benzene rings is 1. The fourth-order valence-corrected chi connectivity index (χ4v) is 2.51. The molecule has 0 unspecified atom stereocenters. The van der Waals surface area contributed by atoms with Crippen molar-refractivity contribution in [3.63, 3.8) is 0 Å². The van der Waals surface area contributed by atoms with Crippen LogP contribution in [0.3, 0.4) is 0 Å². The fourth-order valence-electron chi connectivity index (χ4n) is 1.74. The fraction of sp³-hybridized carbons (Fsp3) is 0.385. The van der Waals surface area contributed by atoms with Crippen LogP contribution in [0.15, 0.2) is 17.0 Å². The van der Waals surface area contributed by atoms with Crippen LogP contribution in [-0.2, 0) is 22.5 Å². The van der Waals surface area contributed by atoms with Crippen molar-refractivity contribution >= 4 is 17.7 Å². The maximum atomic E-state index is 12.6. The van der Waals surface area contributed by atoms with Gasteiger partial charge in [-0.2, -0.15) is 18.4 Å². The lowest BCUT2D eigenvalue weighted by Crippen LogP contribution is -2.13. The molecular weight excluding hydrogens is 305 g/mol. The highest BCUT2D eigenvalue weighted by Gasteiger charge is 2.31. The van der Waals surface area contributed by atoms with Crippen LogP contribution in [0.4, 0.5) is 13.2 Å². The number of halogens is 3. The largest absolute Gasteiger partial charge is 0.466 e. The second kappa shape index (κ2) is 7.33. The van der Waals surface area contributed by atoms with Crippen LogP contribution in [0.5, 0.6) is 0 Å². The molecule has 0 aliphatic heterocycles. The van der Waals surface area contributed by atoms with Crippen molar-refractivity contribution in [2.75, 3.05) is 6.61 Å². The molecule has 2 N–H and O–H groups in total. The van der Waals surface area contributed by atoms with E-state index < -0.39 is 11.5 Å². The Labute approximate surface area is 124 Å². The van der Waals surface area contributed by atoms with E-state index in [9.17, 15) is 18.0 Å². The van der Waals surface area contributed by atoms with Crippen LogP contribution in [0, 0.1) is 11.3 Å². The lowest BCUT2D eigenvalue weighted by atomic mass is 10.0. The van der Waals surface area contributed by atoms with E-state index in [1.807, 2.05) is 0 Å². The normalized spacial score (nSPS) is 11.0. The van der Waals surface area contributed by atoms with Gasteiger partial charge in [0.1, 0.15) is 0 Å². The molecule has 0 aliphatic carbocycles. The molecule has 0 bridgehead atoms. The molecule has 0 saturated carbocycles. The van der Waals surface area contributed by atoms with Crippen LogP contribution >= 0.6 is 11.8 Å². The molecule has 0 fully saturated rings. The van der Waals surface area contributed by atoms with Gasteiger partial charge in [0.2, 0.25) is 0 Å². The van der Waals surface area contributed by atoms with Gasteiger partial charge < -0.3 is 10.5 Å². The Bertz CT molecular complexity index is 568. The molecule has 0 aromatic heterocycles. The zero-order chi connectivity index (χ0) is 16.0. The zero-order valence-corrected chi connectivity index (χ0v) is 12.0. The summed E-state index contributed by atoms with van der Waals surface area (Å²) >= 11 is -0.347. The van der Waals surface area contributed by atoms with E-state index in [-0.39, 0.29) is 52.9 Å². The van der Waals surface area contributed by atoms with Crippen LogP contribution < -0.4 is 5.73 Å². The Balaban J connectivity index is 3.25. The minimum atomic E-state index is -4.50. The first-order valence-corrected chi connectivity index (χ1v) is 6.79. The molecule has 0 atom stereocenters. The summed E-state index contributed by atoms with van der Waals surface area (Å²) in [6.07, 6.45) is -0.221. The molecule has 0 amide bonds. The van der Waals surface area contributed by atoms with Crippen molar-refractivity contribution in [1.82, 2.24) is 0 Å². The van der Waals surface area contributed by atoms with Gasteiger partial charge in [-0.05, 0) is 41.9 Å². The van der Waals surface area contributed by atoms with Gasteiger partial charge in [0.15, 0.2) is 0 Å². The minimum Gasteiger partial charge on any atom is -0.466 e. The van der Waals surface area contributed by atoms with Crippen molar-refractivity contribution in [2.45, 2.75) is 30.3 Å². The molecule has 1 aromatic carbocycles. The molecule has 21 heavy (non-hydrogen) atoms. The molecule has 8 heteroatoms. The molecule has 114 valence electrons. The first kappa shape index (κ1) is 17.3. The quantitative estimate of drug-likeness (QED) is 0.667. The second-order valence-electron chi connectivity index (χ2n) is 3.96. The van der Waals surface area contributed by atoms with E-state index in [2.05, 4.69) is 0 Å². The van der Waals surface area contributed by atoms with Crippen molar-refractivity contribution in [2.24, 2.45) is 5.73 Å². The number of ether oxygens (including phenoxy) is 1. The summed E-state index contributed by atoms with van der Waals surface area (Å²) in [5, 5.41) is 8.90. The van der Waals surface area contributed by atoms with E-state index in [4.69, 9.17) is 15.7 Å². The molecule has 0 aliphatic rings.